The molecule has 0 saturated heterocycles. The monoisotopic (exact) mass is 194 g/mol. The third kappa shape index (κ3) is 2.39. The molecule has 0 radical (unpaired) electrons. The quantitative estimate of drug-likeness (QED) is 0.637. The number of rotatable bonds is 3. The van der Waals surface area contributed by atoms with Gasteiger partial charge in [-0.3, -0.25) is 4.79 Å². The third-order valence-electron chi connectivity index (χ3n) is 1.95. The van der Waals surface area contributed by atoms with Crippen molar-refractivity contribution in [1.82, 2.24) is 0 Å². The van der Waals surface area contributed by atoms with Crippen LogP contribution in [-0.4, -0.2) is 17.1 Å². The first-order valence-electron chi connectivity index (χ1n) is 4.36. The molecular weight excluding hydrogens is 180 g/mol. The molecular formula is C10H14N2O2. The topological polar surface area (TPSA) is 75.3 Å². The van der Waals surface area contributed by atoms with Crippen molar-refractivity contribution in [3.63, 3.8) is 0 Å². The molecule has 1 atom stereocenters. The normalized spacial score (nSPS) is 12.1. The van der Waals surface area contributed by atoms with Crippen LogP contribution in [0.5, 0.6) is 0 Å². The van der Waals surface area contributed by atoms with Gasteiger partial charge in [-0.05, 0) is 31.5 Å². The van der Waals surface area contributed by atoms with Gasteiger partial charge in [0, 0.05) is 0 Å². The lowest BCUT2D eigenvalue weighted by molar-refractivity contribution is -0.137. The summed E-state index contributed by atoms with van der Waals surface area (Å²) in [7, 11) is 0. The van der Waals surface area contributed by atoms with Crippen molar-refractivity contribution in [3.05, 3.63) is 23.8 Å². The summed E-state index contributed by atoms with van der Waals surface area (Å²) in [4.78, 5) is 10.6. The first-order chi connectivity index (χ1) is 6.50. The molecule has 0 fully saturated rings. The molecule has 0 aliphatic carbocycles. The van der Waals surface area contributed by atoms with Gasteiger partial charge in [0.15, 0.2) is 0 Å². The number of hydrogen-bond donors (Lipinski definition) is 3. The van der Waals surface area contributed by atoms with E-state index in [4.69, 9.17) is 10.8 Å². The van der Waals surface area contributed by atoms with Crippen LogP contribution in [0.15, 0.2) is 18.2 Å². The fourth-order valence-electron chi connectivity index (χ4n) is 1.11. The highest BCUT2D eigenvalue weighted by atomic mass is 16.4. The second kappa shape index (κ2) is 4.00. The van der Waals surface area contributed by atoms with E-state index in [2.05, 4.69) is 5.32 Å². The first kappa shape index (κ1) is 10.4. The van der Waals surface area contributed by atoms with E-state index < -0.39 is 12.0 Å². The van der Waals surface area contributed by atoms with Crippen molar-refractivity contribution in [1.29, 1.82) is 0 Å². The Balaban J connectivity index is 2.82. The molecule has 0 amide bonds. The Kier molecular flexibility index (Phi) is 2.96. The molecule has 0 bridgehead atoms. The van der Waals surface area contributed by atoms with E-state index in [1.165, 1.54) is 0 Å². The Bertz CT molecular complexity index is 350. The standard InChI is InChI=1S/C10H14N2O2/c1-6-3-4-9(8(11)5-6)12-7(2)10(13)14/h3-5,7,12H,11H2,1-2H3,(H,13,14)/t7-/m1/s1. The van der Waals surface area contributed by atoms with Crippen LogP contribution in [-0.2, 0) is 4.79 Å². The number of nitrogens with one attached hydrogen (secondary N) is 1. The van der Waals surface area contributed by atoms with E-state index in [0.29, 0.717) is 11.4 Å². The van der Waals surface area contributed by atoms with Gasteiger partial charge >= 0.3 is 5.97 Å². The van der Waals surface area contributed by atoms with Gasteiger partial charge in [-0.25, -0.2) is 0 Å². The van der Waals surface area contributed by atoms with E-state index in [9.17, 15) is 4.79 Å². The summed E-state index contributed by atoms with van der Waals surface area (Å²) in [6, 6.07) is 4.83. The third-order valence-corrected chi connectivity index (χ3v) is 1.95. The van der Waals surface area contributed by atoms with Gasteiger partial charge < -0.3 is 16.2 Å². The molecule has 4 nitrogen and oxygen atoms in total. The SMILES string of the molecule is Cc1ccc(N[C@H](C)C(=O)O)c(N)c1. The number of carboxylic acid groups (broad SMARTS) is 1. The number of carbonyl (C=O) groups is 1. The molecule has 0 aliphatic heterocycles. The minimum atomic E-state index is -0.898. The van der Waals surface area contributed by atoms with Gasteiger partial charge in [-0.2, -0.15) is 0 Å². The molecule has 1 rings (SSSR count). The van der Waals surface area contributed by atoms with E-state index in [1.54, 1.807) is 19.1 Å². The number of nitrogens with two attached hydrogens (primary N) is 1. The van der Waals surface area contributed by atoms with Gasteiger partial charge in [0.05, 0.1) is 11.4 Å². The van der Waals surface area contributed by atoms with Gasteiger partial charge in [0.25, 0.3) is 0 Å². The van der Waals surface area contributed by atoms with Crippen LogP contribution < -0.4 is 11.1 Å². The van der Waals surface area contributed by atoms with E-state index in [1.807, 2.05) is 13.0 Å². The molecule has 4 heteroatoms. The summed E-state index contributed by atoms with van der Waals surface area (Å²) in [6.07, 6.45) is 0. The fourth-order valence-corrected chi connectivity index (χ4v) is 1.11. The summed E-state index contributed by atoms with van der Waals surface area (Å²) in [5.41, 5.74) is 7.99. The van der Waals surface area contributed by atoms with Crippen molar-refractivity contribution in [2.24, 2.45) is 0 Å². The number of benzene rings is 1. The maximum atomic E-state index is 10.6. The van der Waals surface area contributed by atoms with Crippen LogP contribution in [0.25, 0.3) is 0 Å². The zero-order valence-electron chi connectivity index (χ0n) is 8.24. The molecule has 14 heavy (non-hydrogen) atoms. The van der Waals surface area contributed by atoms with Crippen molar-refractivity contribution in [2.45, 2.75) is 19.9 Å². The maximum absolute atomic E-state index is 10.6. The minimum absolute atomic E-state index is 0.568. The van der Waals surface area contributed by atoms with Gasteiger partial charge in [-0.1, -0.05) is 6.07 Å². The lowest BCUT2D eigenvalue weighted by atomic mass is 10.2. The smallest absolute Gasteiger partial charge is 0.325 e. The average Bonchev–Trinajstić information content (AvgIpc) is 2.09. The van der Waals surface area contributed by atoms with Crippen molar-refractivity contribution < 1.29 is 9.90 Å². The van der Waals surface area contributed by atoms with Gasteiger partial charge in [0.1, 0.15) is 6.04 Å². The molecule has 1 aromatic rings. The Labute approximate surface area is 82.7 Å². The highest BCUT2D eigenvalue weighted by molar-refractivity contribution is 5.79. The van der Waals surface area contributed by atoms with Crippen LogP contribution in [0, 0.1) is 6.92 Å². The molecule has 4 N–H and O–H groups in total. The van der Waals surface area contributed by atoms with E-state index in [-0.39, 0.29) is 0 Å². The zero-order valence-corrected chi connectivity index (χ0v) is 8.24. The predicted octanol–water partition coefficient (Wildman–Crippen LogP) is 1.46. The Morgan fingerprint density at radius 2 is 2.21 bits per heavy atom. The number of hydrogen-bond acceptors (Lipinski definition) is 3. The van der Waals surface area contributed by atoms with Crippen molar-refractivity contribution in [2.75, 3.05) is 11.1 Å². The molecule has 76 valence electrons. The minimum Gasteiger partial charge on any atom is -0.480 e. The number of carboxylic acids is 1. The molecule has 0 heterocycles. The number of aryl methyl sites for hydroxylation is 1. The zero-order chi connectivity index (χ0) is 10.7. The van der Waals surface area contributed by atoms with Crippen LogP contribution >= 0.6 is 0 Å². The highest BCUT2D eigenvalue weighted by Crippen LogP contribution is 2.20. The van der Waals surface area contributed by atoms with Crippen LogP contribution in [0.2, 0.25) is 0 Å². The summed E-state index contributed by atoms with van der Waals surface area (Å²) in [6.45, 7) is 3.50. The average molecular weight is 194 g/mol. The van der Waals surface area contributed by atoms with E-state index >= 15 is 0 Å². The summed E-state index contributed by atoms with van der Waals surface area (Å²) in [5, 5.41) is 11.5. The lowest BCUT2D eigenvalue weighted by Crippen LogP contribution is -2.25. The van der Waals surface area contributed by atoms with Crippen LogP contribution in [0.4, 0.5) is 11.4 Å². The second-order valence-corrected chi connectivity index (χ2v) is 3.29. The Hall–Kier alpha value is -1.71. The maximum Gasteiger partial charge on any atom is 0.325 e. The van der Waals surface area contributed by atoms with Crippen LogP contribution in [0.3, 0.4) is 0 Å². The van der Waals surface area contributed by atoms with Crippen molar-refractivity contribution >= 4 is 17.3 Å². The Morgan fingerprint density at radius 1 is 1.57 bits per heavy atom. The predicted molar refractivity (Wildman–Crippen MR) is 56.3 cm³/mol. The molecule has 0 spiro atoms. The van der Waals surface area contributed by atoms with Gasteiger partial charge in [-0.15, -0.1) is 0 Å². The van der Waals surface area contributed by atoms with Crippen molar-refractivity contribution in [3.8, 4) is 0 Å². The number of aliphatic carboxylic acids is 1. The first-order valence-corrected chi connectivity index (χ1v) is 4.36. The fraction of sp³-hybridized carbons (Fsp3) is 0.300. The highest BCUT2D eigenvalue weighted by Gasteiger charge is 2.11. The molecule has 0 saturated carbocycles. The molecule has 0 aliphatic rings. The lowest BCUT2D eigenvalue weighted by Gasteiger charge is -2.13. The summed E-state index contributed by atoms with van der Waals surface area (Å²) in [5.74, 6) is -0.898. The largest absolute Gasteiger partial charge is 0.480 e. The number of nitrogen functional groups attached to an aromatic ring is 1. The molecule has 1 aromatic carbocycles. The number of anilines is 2. The molecule has 0 unspecified atom stereocenters. The van der Waals surface area contributed by atoms with E-state index in [0.717, 1.165) is 5.56 Å². The molecule has 0 aromatic heterocycles. The van der Waals surface area contributed by atoms with Crippen LogP contribution in [0.1, 0.15) is 12.5 Å². The summed E-state index contributed by atoms with van der Waals surface area (Å²) >= 11 is 0. The summed E-state index contributed by atoms with van der Waals surface area (Å²) < 4.78 is 0. The Morgan fingerprint density at radius 3 is 2.71 bits per heavy atom. The second-order valence-electron chi connectivity index (χ2n) is 3.29. The van der Waals surface area contributed by atoms with Gasteiger partial charge in [0.2, 0.25) is 0 Å².